The minimum Gasteiger partial charge on any atom is -0.482 e. The summed E-state index contributed by atoms with van der Waals surface area (Å²) in [6, 6.07) is 12.1. The fourth-order valence-electron chi connectivity index (χ4n) is 3.75. The fraction of sp³-hybridized carbons (Fsp3) is 0.276. The summed E-state index contributed by atoms with van der Waals surface area (Å²) >= 11 is 0.982. The number of aromatic nitrogens is 3. The number of pyridine rings is 1. The smallest absolute Gasteiger partial charge is 0.426 e. The molecular weight excluding hydrogens is 570 g/mol. The summed E-state index contributed by atoms with van der Waals surface area (Å²) in [5.74, 6) is -2.78. The summed E-state index contributed by atoms with van der Waals surface area (Å²) in [6.07, 6.45) is 0.268. The van der Waals surface area contributed by atoms with Gasteiger partial charge in [0, 0.05) is 18.7 Å². The Bertz CT molecular complexity index is 1650. The van der Waals surface area contributed by atoms with Crippen molar-refractivity contribution in [3.63, 3.8) is 0 Å². The van der Waals surface area contributed by atoms with Crippen LogP contribution in [0.2, 0.25) is 0 Å². The Morgan fingerprint density at radius 1 is 1.07 bits per heavy atom. The van der Waals surface area contributed by atoms with Gasteiger partial charge in [-0.15, -0.1) is 10.2 Å². The second-order valence-electron chi connectivity index (χ2n) is 9.94. The van der Waals surface area contributed by atoms with Gasteiger partial charge in [0.1, 0.15) is 28.8 Å². The third-order valence-corrected chi connectivity index (χ3v) is 6.48. The molecule has 220 valence electrons. The van der Waals surface area contributed by atoms with Crippen molar-refractivity contribution in [1.29, 1.82) is 0 Å². The molecule has 0 aliphatic rings. The second-order valence-corrected chi connectivity index (χ2v) is 11.0. The predicted molar refractivity (Wildman–Crippen MR) is 151 cm³/mol. The number of rotatable bonds is 9. The predicted octanol–water partition coefficient (Wildman–Crippen LogP) is 5.47. The topological polar surface area (TPSA) is 122 Å². The fourth-order valence-corrected chi connectivity index (χ4v) is 4.62. The van der Waals surface area contributed by atoms with E-state index in [9.17, 15) is 23.2 Å². The molecule has 10 nitrogen and oxygen atoms in total. The van der Waals surface area contributed by atoms with E-state index < -0.39 is 40.5 Å². The van der Waals surface area contributed by atoms with E-state index >= 15 is 0 Å². The van der Waals surface area contributed by atoms with Gasteiger partial charge in [-0.3, -0.25) is 4.79 Å². The average molecular weight is 599 g/mol. The minimum absolute atomic E-state index is 0.00754. The zero-order chi connectivity index (χ0) is 30.4. The van der Waals surface area contributed by atoms with Gasteiger partial charge in [-0.05, 0) is 44.9 Å². The molecule has 0 bridgehead atoms. The molecule has 4 rings (SSSR count). The second kappa shape index (κ2) is 12.9. The number of hydrogen-bond acceptors (Lipinski definition) is 9. The maximum absolute atomic E-state index is 14.2. The molecule has 0 spiro atoms. The molecule has 2 aromatic heterocycles. The molecule has 2 aromatic carbocycles. The minimum atomic E-state index is -0.926. The quantitative estimate of drug-likeness (QED) is 0.252. The van der Waals surface area contributed by atoms with Crippen LogP contribution in [0.25, 0.3) is 10.6 Å². The summed E-state index contributed by atoms with van der Waals surface area (Å²) in [5.41, 5.74) is 1.33. The molecule has 42 heavy (non-hydrogen) atoms. The van der Waals surface area contributed by atoms with Crippen molar-refractivity contribution in [2.24, 2.45) is 0 Å². The molecule has 0 unspecified atom stereocenters. The number of nitrogens with zero attached hydrogens (tertiary/aromatic N) is 3. The Morgan fingerprint density at radius 2 is 1.81 bits per heavy atom. The van der Waals surface area contributed by atoms with Crippen LogP contribution >= 0.6 is 11.3 Å². The van der Waals surface area contributed by atoms with Crippen molar-refractivity contribution in [2.75, 3.05) is 12.0 Å². The summed E-state index contributed by atoms with van der Waals surface area (Å²) in [6.45, 7) is 6.49. The molecule has 0 saturated heterocycles. The van der Waals surface area contributed by atoms with E-state index in [1.165, 1.54) is 12.3 Å². The SMILES string of the molecule is CCOC(=O)c1c(OCc2ccccc2)c(=O)c(-c2nnc(Cc3ccc(F)cc3F)s2)cn1NC(=O)OC(C)(C)C. The molecule has 2 heterocycles. The van der Waals surface area contributed by atoms with Gasteiger partial charge in [-0.25, -0.2) is 28.5 Å². The Morgan fingerprint density at radius 3 is 2.48 bits per heavy atom. The van der Waals surface area contributed by atoms with Crippen LogP contribution in [-0.4, -0.2) is 39.1 Å². The lowest BCUT2D eigenvalue weighted by atomic mass is 10.1. The normalized spacial score (nSPS) is 11.2. The van der Waals surface area contributed by atoms with Crippen molar-refractivity contribution in [3.8, 4) is 16.3 Å². The number of halogens is 2. The van der Waals surface area contributed by atoms with Gasteiger partial charge >= 0.3 is 12.1 Å². The molecule has 0 saturated carbocycles. The van der Waals surface area contributed by atoms with Crippen LogP contribution in [-0.2, 0) is 22.5 Å². The lowest BCUT2D eigenvalue weighted by Crippen LogP contribution is -2.35. The third-order valence-electron chi connectivity index (χ3n) is 5.52. The number of carbonyl (C=O) groups is 2. The van der Waals surface area contributed by atoms with Crippen LogP contribution in [0.5, 0.6) is 5.75 Å². The van der Waals surface area contributed by atoms with Gasteiger partial charge in [0.25, 0.3) is 0 Å². The van der Waals surface area contributed by atoms with Crippen LogP contribution in [0.3, 0.4) is 0 Å². The Hall–Kier alpha value is -4.65. The highest BCUT2D eigenvalue weighted by molar-refractivity contribution is 7.14. The molecule has 0 aliphatic heterocycles. The number of amides is 1. The molecule has 0 fully saturated rings. The Balaban J connectivity index is 1.81. The van der Waals surface area contributed by atoms with E-state index in [1.807, 2.05) is 6.07 Å². The summed E-state index contributed by atoms with van der Waals surface area (Å²) in [5, 5.41) is 8.59. The summed E-state index contributed by atoms with van der Waals surface area (Å²) in [4.78, 5) is 39.6. The van der Waals surface area contributed by atoms with E-state index in [0.29, 0.717) is 10.6 Å². The summed E-state index contributed by atoms with van der Waals surface area (Å²) < 4.78 is 45.0. The first-order chi connectivity index (χ1) is 19.9. The number of ether oxygens (including phenoxy) is 3. The number of carbonyl (C=O) groups excluding carboxylic acids is 2. The van der Waals surface area contributed by atoms with Gasteiger partial charge in [0.15, 0.2) is 10.7 Å². The Labute approximate surface area is 243 Å². The standard InChI is InChI=1S/C29H28F2N4O6S/c1-5-39-27(37)23-25(40-16-17-9-7-6-8-10-17)24(36)20(15-35(23)34-28(38)41-29(2,3)4)26-33-32-22(42-26)13-18-11-12-19(30)14-21(18)31/h6-12,14-15H,5,13,16H2,1-4H3,(H,34,38). The van der Waals surface area contributed by atoms with Crippen molar-refractivity contribution >= 4 is 23.4 Å². The van der Waals surface area contributed by atoms with Crippen LogP contribution in [0, 0.1) is 11.6 Å². The average Bonchev–Trinajstić information content (AvgIpc) is 3.38. The first kappa shape index (κ1) is 30.3. The van der Waals surface area contributed by atoms with Crippen LogP contribution in [0.4, 0.5) is 13.6 Å². The highest BCUT2D eigenvalue weighted by Gasteiger charge is 2.28. The van der Waals surface area contributed by atoms with Crippen LogP contribution < -0.4 is 15.6 Å². The van der Waals surface area contributed by atoms with E-state index in [2.05, 4.69) is 15.6 Å². The molecule has 4 aromatic rings. The zero-order valence-electron chi connectivity index (χ0n) is 23.3. The lowest BCUT2D eigenvalue weighted by molar-refractivity contribution is 0.0505. The molecular formula is C29H28F2N4O6S. The van der Waals surface area contributed by atoms with E-state index in [4.69, 9.17) is 14.2 Å². The molecule has 0 atom stereocenters. The van der Waals surface area contributed by atoms with Gasteiger partial charge in [0.2, 0.25) is 11.2 Å². The summed E-state index contributed by atoms with van der Waals surface area (Å²) in [7, 11) is 0. The maximum Gasteiger partial charge on any atom is 0.426 e. The van der Waals surface area contributed by atoms with E-state index in [0.717, 1.165) is 28.1 Å². The maximum atomic E-state index is 14.2. The number of benzene rings is 2. The lowest BCUT2D eigenvalue weighted by Gasteiger charge is -2.22. The largest absolute Gasteiger partial charge is 0.482 e. The van der Waals surface area contributed by atoms with Crippen molar-refractivity contribution in [2.45, 2.75) is 46.3 Å². The number of esters is 1. The van der Waals surface area contributed by atoms with Gasteiger partial charge in [-0.1, -0.05) is 47.7 Å². The van der Waals surface area contributed by atoms with Crippen molar-refractivity contribution < 1.29 is 32.6 Å². The molecule has 0 aliphatic carbocycles. The first-order valence-electron chi connectivity index (χ1n) is 12.9. The van der Waals surface area contributed by atoms with Crippen molar-refractivity contribution in [3.05, 3.63) is 98.4 Å². The van der Waals surface area contributed by atoms with Crippen LogP contribution in [0.1, 0.15) is 54.3 Å². The molecule has 0 radical (unpaired) electrons. The van der Waals surface area contributed by atoms with E-state index in [1.54, 1.807) is 52.0 Å². The van der Waals surface area contributed by atoms with Crippen molar-refractivity contribution in [1.82, 2.24) is 14.9 Å². The molecule has 1 N–H and O–H groups in total. The van der Waals surface area contributed by atoms with Gasteiger partial charge < -0.3 is 14.2 Å². The molecule has 13 heteroatoms. The van der Waals surface area contributed by atoms with Crippen LogP contribution in [0.15, 0.2) is 59.5 Å². The number of hydrogen-bond donors (Lipinski definition) is 1. The zero-order valence-corrected chi connectivity index (χ0v) is 24.1. The van der Waals surface area contributed by atoms with Gasteiger partial charge in [0.05, 0.1) is 12.2 Å². The first-order valence-corrected chi connectivity index (χ1v) is 13.7. The third kappa shape index (κ3) is 7.55. The number of nitrogens with one attached hydrogen (secondary N) is 1. The van der Waals surface area contributed by atoms with E-state index in [-0.39, 0.29) is 41.5 Å². The monoisotopic (exact) mass is 598 g/mol. The van der Waals surface area contributed by atoms with Gasteiger partial charge in [-0.2, -0.15) is 0 Å². The highest BCUT2D eigenvalue weighted by Crippen LogP contribution is 2.27. The molecule has 1 amide bonds. The Kier molecular flexibility index (Phi) is 9.31. The highest BCUT2D eigenvalue weighted by atomic mass is 32.1.